The van der Waals surface area contributed by atoms with Crippen LogP contribution < -0.4 is 9.47 Å². The van der Waals surface area contributed by atoms with E-state index in [1.54, 1.807) is 6.20 Å². The number of hydrogen-bond acceptors (Lipinski definition) is 4. The molecular formula is C20H22N2O3. The van der Waals surface area contributed by atoms with Crippen molar-refractivity contribution in [2.24, 2.45) is 0 Å². The van der Waals surface area contributed by atoms with E-state index in [1.807, 2.05) is 41.3 Å². The molecule has 1 saturated heterocycles. The van der Waals surface area contributed by atoms with Gasteiger partial charge >= 0.3 is 0 Å². The van der Waals surface area contributed by atoms with Crippen LogP contribution >= 0.6 is 0 Å². The first kappa shape index (κ1) is 15.9. The SMILES string of the molecule is O=C(c1ccc(CCC2COc3ccccc3O2)nc1)N1CCCC1. The number of para-hydroxylation sites is 2. The summed E-state index contributed by atoms with van der Waals surface area (Å²) in [6.07, 6.45) is 5.56. The summed E-state index contributed by atoms with van der Waals surface area (Å²) < 4.78 is 11.7. The molecule has 25 heavy (non-hydrogen) atoms. The number of nitrogens with zero attached hydrogens (tertiary/aromatic N) is 2. The fraction of sp³-hybridized carbons (Fsp3) is 0.400. The highest BCUT2D eigenvalue weighted by molar-refractivity contribution is 5.94. The molecule has 5 nitrogen and oxygen atoms in total. The maximum atomic E-state index is 12.3. The van der Waals surface area contributed by atoms with Gasteiger partial charge in [0.05, 0.1) is 5.56 Å². The van der Waals surface area contributed by atoms with Gasteiger partial charge in [0.2, 0.25) is 0 Å². The third kappa shape index (κ3) is 3.60. The predicted octanol–water partition coefficient (Wildman–Crippen LogP) is 3.09. The molecule has 1 aromatic heterocycles. The number of rotatable bonds is 4. The highest BCUT2D eigenvalue weighted by Crippen LogP contribution is 2.31. The van der Waals surface area contributed by atoms with Crippen molar-refractivity contribution in [3.8, 4) is 11.5 Å². The summed E-state index contributed by atoms with van der Waals surface area (Å²) in [5.41, 5.74) is 1.65. The smallest absolute Gasteiger partial charge is 0.255 e. The van der Waals surface area contributed by atoms with Gasteiger partial charge in [-0.2, -0.15) is 0 Å². The van der Waals surface area contributed by atoms with Crippen molar-refractivity contribution in [1.29, 1.82) is 0 Å². The highest BCUT2D eigenvalue weighted by atomic mass is 16.6. The Kier molecular flexibility index (Phi) is 4.55. The molecule has 1 fully saturated rings. The zero-order valence-electron chi connectivity index (χ0n) is 14.2. The van der Waals surface area contributed by atoms with Gasteiger partial charge in [-0.3, -0.25) is 9.78 Å². The zero-order valence-corrected chi connectivity index (χ0v) is 14.2. The minimum Gasteiger partial charge on any atom is -0.486 e. The normalized spacial score (nSPS) is 19.0. The first-order valence-corrected chi connectivity index (χ1v) is 8.92. The second kappa shape index (κ2) is 7.13. The lowest BCUT2D eigenvalue weighted by Gasteiger charge is -2.26. The molecule has 1 unspecified atom stereocenters. The van der Waals surface area contributed by atoms with Gasteiger partial charge in [0.15, 0.2) is 11.5 Å². The van der Waals surface area contributed by atoms with Crippen LogP contribution in [0.5, 0.6) is 11.5 Å². The topological polar surface area (TPSA) is 51.7 Å². The van der Waals surface area contributed by atoms with Gasteiger partial charge in [-0.1, -0.05) is 12.1 Å². The summed E-state index contributed by atoms with van der Waals surface area (Å²) >= 11 is 0. The maximum Gasteiger partial charge on any atom is 0.255 e. The molecule has 3 heterocycles. The van der Waals surface area contributed by atoms with Crippen LogP contribution in [-0.2, 0) is 6.42 Å². The Morgan fingerprint density at radius 1 is 1.12 bits per heavy atom. The molecule has 1 amide bonds. The molecule has 0 N–H and O–H groups in total. The largest absolute Gasteiger partial charge is 0.486 e. The average molecular weight is 338 g/mol. The molecule has 2 aromatic rings. The molecule has 4 rings (SSSR count). The van der Waals surface area contributed by atoms with E-state index in [0.29, 0.717) is 12.2 Å². The van der Waals surface area contributed by atoms with Crippen LogP contribution in [0.4, 0.5) is 0 Å². The lowest BCUT2D eigenvalue weighted by Crippen LogP contribution is -2.29. The second-order valence-electron chi connectivity index (χ2n) is 6.57. The van der Waals surface area contributed by atoms with Crippen LogP contribution in [0.25, 0.3) is 0 Å². The van der Waals surface area contributed by atoms with E-state index in [4.69, 9.17) is 9.47 Å². The molecule has 5 heteroatoms. The average Bonchev–Trinajstić information content (AvgIpc) is 3.21. The van der Waals surface area contributed by atoms with E-state index in [2.05, 4.69) is 4.98 Å². The van der Waals surface area contributed by atoms with E-state index in [0.717, 1.165) is 56.0 Å². The van der Waals surface area contributed by atoms with Crippen LogP contribution in [-0.4, -0.2) is 41.6 Å². The summed E-state index contributed by atoms with van der Waals surface area (Å²) in [6.45, 7) is 2.28. The molecule has 1 aromatic carbocycles. The third-order valence-corrected chi connectivity index (χ3v) is 4.75. The summed E-state index contributed by atoms with van der Waals surface area (Å²) in [6, 6.07) is 11.6. The molecule has 0 saturated carbocycles. The van der Waals surface area contributed by atoms with Crippen molar-refractivity contribution in [3.63, 3.8) is 0 Å². The van der Waals surface area contributed by atoms with E-state index in [-0.39, 0.29) is 12.0 Å². The fourth-order valence-electron chi connectivity index (χ4n) is 3.32. The van der Waals surface area contributed by atoms with Gasteiger partial charge in [0.25, 0.3) is 5.91 Å². The van der Waals surface area contributed by atoms with Gasteiger partial charge in [-0.15, -0.1) is 0 Å². The number of pyridine rings is 1. The third-order valence-electron chi connectivity index (χ3n) is 4.75. The number of aryl methyl sites for hydroxylation is 1. The number of carbonyl (C=O) groups is 1. The molecular weight excluding hydrogens is 316 g/mol. The Morgan fingerprint density at radius 3 is 2.68 bits per heavy atom. The number of hydrogen-bond donors (Lipinski definition) is 0. The number of ether oxygens (including phenoxy) is 2. The Morgan fingerprint density at radius 2 is 1.92 bits per heavy atom. The fourth-order valence-corrected chi connectivity index (χ4v) is 3.32. The van der Waals surface area contributed by atoms with E-state index in [1.165, 1.54) is 0 Å². The van der Waals surface area contributed by atoms with Crippen molar-refractivity contribution >= 4 is 5.91 Å². The summed E-state index contributed by atoms with van der Waals surface area (Å²) in [5, 5.41) is 0. The van der Waals surface area contributed by atoms with Crippen molar-refractivity contribution in [2.45, 2.75) is 31.8 Å². The number of likely N-dealkylation sites (tertiary alicyclic amines) is 1. The monoisotopic (exact) mass is 338 g/mol. The second-order valence-corrected chi connectivity index (χ2v) is 6.57. The minimum atomic E-state index is 0.0302. The van der Waals surface area contributed by atoms with Crippen LogP contribution in [0.2, 0.25) is 0 Å². The van der Waals surface area contributed by atoms with Crippen molar-refractivity contribution in [1.82, 2.24) is 9.88 Å². The number of benzene rings is 1. The van der Waals surface area contributed by atoms with Crippen molar-refractivity contribution < 1.29 is 14.3 Å². The van der Waals surface area contributed by atoms with Crippen LogP contribution in [0.3, 0.4) is 0 Å². The highest BCUT2D eigenvalue weighted by Gasteiger charge is 2.21. The Balaban J connectivity index is 1.32. The van der Waals surface area contributed by atoms with Crippen molar-refractivity contribution in [2.75, 3.05) is 19.7 Å². The molecule has 130 valence electrons. The number of aromatic nitrogens is 1. The standard InChI is InChI=1S/C20H22N2O3/c23-20(22-11-3-4-12-22)15-7-8-16(21-13-15)9-10-17-14-24-18-5-1-2-6-19(18)25-17/h1-2,5-8,13,17H,3-4,9-12,14H2. The molecule has 1 atom stereocenters. The molecule has 2 aliphatic rings. The summed E-state index contributed by atoms with van der Waals surface area (Å²) in [4.78, 5) is 18.7. The number of carbonyl (C=O) groups excluding carboxylic acids is 1. The summed E-state index contributed by atoms with van der Waals surface area (Å²) in [7, 11) is 0. The van der Waals surface area contributed by atoms with Crippen LogP contribution in [0, 0.1) is 0 Å². The van der Waals surface area contributed by atoms with E-state index >= 15 is 0 Å². The lowest BCUT2D eigenvalue weighted by atomic mass is 10.1. The summed E-state index contributed by atoms with van der Waals surface area (Å²) in [5.74, 6) is 1.71. The van der Waals surface area contributed by atoms with Gasteiger partial charge in [-0.25, -0.2) is 0 Å². The van der Waals surface area contributed by atoms with Crippen LogP contribution in [0.1, 0.15) is 35.3 Å². The number of amides is 1. The Hall–Kier alpha value is -2.56. The quantitative estimate of drug-likeness (QED) is 0.860. The minimum absolute atomic E-state index is 0.0302. The molecule has 0 spiro atoms. The number of fused-ring (bicyclic) bond motifs is 1. The molecule has 0 radical (unpaired) electrons. The van der Waals surface area contributed by atoms with Gasteiger partial charge in [0, 0.05) is 25.0 Å². The predicted molar refractivity (Wildman–Crippen MR) is 94.0 cm³/mol. The molecule has 2 aliphatic heterocycles. The van der Waals surface area contributed by atoms with E-state index < -0.39 is 0 Å². The maximum absolute atomic E-state index is 12.3. The van der Waals surface area contributed by atoms with Crippen molar-refractivity contribution in [3.05, 3.63) is 53.9 Å². The zero-order chi connectivity index (χ0) is 17.1. The first-order valence-electron chi connectivity index (χ1n) is 8.92. The lowest BCUT2D eigenvalue weighted by molar-refractivity contribution is 0.0792. The first-order chi connectivity index (χ1) is 12.3. The van der Waals surface area contributed by atoms with Gasteiger partial charge in [0.1, 0.15) is 12.7 Å². The van der Waals surface area contributed by atoms with E-state index in [9.17, 15) is 4.79 Å². The molecule has 0 aliphatic carbocycles. The van der Waals surface area contributed by atoms with Gasteiger partial charge < -0.3 is 14.4 Å². The van der Waals surface area contributed by atoms with Gasteiger partial charge in [-0.05, 0) is 49.9 Å². The molecule has 0 bridgehead atoms. The van der Waals surface area contributed by atoms with Crippen LogP contribution in [0.15, 0.2) is 42.6 Å². The Labute approximate surface area is 147 Å². The Bertz CT molecular complexity index is 739.